The summed E-state index contributed by atoms with van der Waals surface area (Å²) in [6.07, 6.45) is -4.72. The molecule has 1 aliphatic rings. The number of aliphatic hydroxyl groups excluding tert-OH is 1. The Morgan fingerprint density at radius 3 is 2.36 bits per heavy atom. The van der Waals surface area contributed by atoms with Gasteiger partial charge in [0.2, 0.25) is 5.85 Å². The molecule has 0 aromatic heterocycles. The van der Waals surface area contributed by atoms with Crippen LogP contribution >= 0.6 is 0 Å². The van der Waals surface area contributed by atoms with E-state index in [-0.39, 0.29) is 18.0 Å². The number of aliphatic hydroxyl groups is 1. The van der Waals surface area contributed by atoms with Crippen LogP contribution in [0.1, 0.15) is 6.92 Å². The summed E-state index contributed by atoms with van der Waals surface area (Å²) < 4.78 is 44.3. The highest BCUT2D eigenvalue weighted by atomic mass is 19.4. The highest BCUT2D eigenvalue weighted by Crippen LogP contribution is 2.26. The third-order valence-corrected chi connectivity index (χ3v) is 3.13. The Morgan fingerprint density at radius 1 is 1.28 bits per heavy atom. The van der Waals surface area contributed by atoms with Crippen molar-refractivity contribution in [3.05, 3.63) is 24.3 Å². The number of rotatable bonds is 5. The van der Waals surface area contributed by atoms with E-state index in [0.29, 0.717) is 0 Å². The zero-order valence-electron chi connectivity index (χ0n) is 13.2. The van der Waals surface area contributed by atoms with Gasteiger partial charge < -0.3 is 9.84 Å². The summed E-state index contributed by atoms with van der Waals surface area (Å²) >= 11 is 0. The SMILES string of the molecule is CCN1N=C(C(F)(F)F)C(=Nc2ccc(OC(N)(N)CO)cc2)C1=N. The maximum atomic E-state index is 13.1. The van der Waals surface area contributed by atoms with Gasteiger partial charge in [0.1, 0.15) is 18.1 Å². The first kappa shape index (κ1) is 18.8. The standard InChI is InChI=1S/C14H17F3N6O2/c1-2-23-12(18)10(11(22-23)14(15,16)17)21-8-3-5-9(6-4-8)25-13(19,20)7-24/h3-6,18,24H,2,7,19-20H2,1H3. The van der Waals surface area contributed by atoms with Crippen molar-refractivity contribution in [1.82, 2.24) is 5.01 Å². The van der Waals surface area contributed by atoms with Crippen molar-refractivity contribution in [2.45, 2.75) is 18.9 Å². The number of hydrogen-bond acceptors (Lipinski definition) is 7. The molecule has 0 radical (unpaired) electrons. The number of nitrogens with zero attached hydrogens (tertiary/aromatic N) is 3. The number of amidine groups is 1. The van der Waals surface area contributed by atoms with E-state index in [1.54, 1.807) is 6.92 Å². The third kappa shape index (κ3) is 4.32. The van der Waals surface area contributed by atoms with Gasteiger partial charge in [-0.3, -0.25) is 16.9 Å². The molecule has 136 valence electrons. The van der Waals surface area contributed by atoms with Crippen molar-refractivity contribution >= 4 is 22.9 Å². The predicted molar refractivity (Wildman–Crippen MR) is 86.0 cm³/mol. The molecule has 0 amide bonds. The van der Waals surface area contributed by atoms with E-state index in [4.69, 9.17) is 26.7 Å². The number of nitrogens with two attached hydrogens (primary N) is 2. The first-order valence-corrected chi connectivity index (χ1v) is 7.16. The zero-order valence-corrected chi connectivity index (χ0v) is 13.2. The molecule has 8 nitrogen and oxygen atoms in total. The lowest BCUT2D eigenvalue weighted by atomic mass is 10.2. The number of aliphatic imine (C=N–C) groups is 1. The molecule has 1 aromatic rings. The topological polar surface area (TPSA) is 133 Å². The summed E-state index contributed by atoms with van der Waals surface area (Å²) in [5.74, 6) is -2.01. The molecular formula is C14H17F3N6O2. The van der Waals surface area contributed by atoms with Crippen LogP contribution in [0.15, 0.2) is 34.4 Å². The van der Waals surface area contributed by atoms with Gasteiger partial charge in [-0.25, -0.2) is 10.0 Å². The number of ether oxygens (including phenoxy) is 1. The molecule has 1 aromatic carbocycles. The third-order valence-electron chi connectivity index (χ3n) is 3.13. The van der Waals surface area contributed by atoms with Crippen LogP contribution in [-0.2, 0) is 0 Å². The van der Waals surface area contributed by atoms with Gasteiger partial charge in [0.25, 0.3) is 0 Å². The fourth-order valence-electron chi connectivity index (χ4n) is 1.95. The van der Waals surface area contributed by atoms with Crippen molar-refractivity contribution in [1.29, 1.82) is 5.41 Å². The number of benzene rings is 1. The monoisotopic (exact) mass is 358 g/mol. The van der Waals surface area contributed by atoms with Crippen LogP contribution in [0.25, 0.3) is 0 Å². The molecule has 0 aliphatic carbocycles. The second-order valence-electron chi connectivity index (χ2n) is 5.18. The molecule has 0 unspecified atom stereocenters. The number of hydrazone groups is 1. The molecule has 6 N–H and O–H groups in total. The first-order valence-electron chi connectivity index (χ1n) is 7.16. The number of hydrogen-bond donors (Lipinski definition) is 4. The molecule has 25 heavy (non-hydrogen) atoms. The van der Waals surface area contributed by atoms with Gasteiger partial charge in [0, 0.05) is 6.54 Å². The molecular weight excluding hydrogens is 341 g/mol. The minimum Gasteiger partial charge on any atom is -0.458 e. The van der Waals surface area contributed by atoms with Crippen LogP contribution in [0.5, 0.6) is 5.75 Å². The van der Waals surface area contributed by atoms with E-state index in [1.807, 2.05) is 0 Å². The maximum absolute atomic E-state index is 13.1. The van der Waals surface area contributed by atoms with Gasteiger partial charge in [-0.2, -0.15) is 18.3 Å². The zero-order chi connectivity index (χ0) is 18.8. The highest BCUT2D eigenvalue weighted by molar-refractivity contribution is 6.70. The number of nitrogens with one attached hydrogen (secondary N) is 1. The highest BCUT2D eigenvalue weighted by Gasteiger charge is 2.45. The molecule has 0 spiro atoms. The minimum absolute atomic E-state index is 0.112. The summed E-state index contributed by atoms with van der Waals surface area (Å²) in [6, 6.07) is 5.49. The van der Waals surface area contributed by atoms with Crippen LogP contribution in [0.4, 0.5) is 18.9 Å². The average molecular weight is 358 g/mol. The molecule has 0 fully saturated rings. The first-order chi connectivity index (χ1) is 11.6. The largest absolute Gasteiger partial charge is 0.458 e. The summed E-state index contributed by atoms with van der Waals surface area (Å²) in [4.78, 5) is 3.88. The van der Waals surface area contributed by atoms with Gasteiger partial charge in [-0.1, -0.05) is 0 Å². The van der Waals surface area contributed by atoms with Gasteiger partial charge in [-0.05, 0) is 31.2 Å². The van der Waals surface area contributed by atoms with Crippen LogP contribution < -0.4 is 16.2 Å². The quantitative estimate of drug-likeness (QED) is 0.581. The van der Waals surface area contributed by atoms with Crippen LogP contribution in [0.3, 0.4) is 0 Å². The molecule has 0 saturated carbocycles. The number of alkyl halides is 3. The Hall–Kier alpha value is -2.50. The van der Waals surface area contributed by atoms with Gasteiger partial charge in [-0.15, -0.1) is 0 Å². The van der Waals surface area contributed by atoms with Crippen molar-refractivity contribution in [2.24, 2.45) is 21.6 Å². The Balaban J connectivity index is 2.29. The summed E-state index contributed by atoms with van der Waals surface area (Å²) in [5, 5.41) is 21.1. The normalized spacial score (nSPS) is 17.2. The second kappa shape index (κ2) is 6.78. The van der Waals surface area contributed by atoms with Crippen molar-refractivity contribution in [3.8, 4) is 5.75 Å². The molecule has 0 bridgehead atoms. The van der Waals surface area contributed by atoms with Gasteiger partial charge in [0.15, 0.2) is 11.5 Å². The summed E-state index contributed by atoms with van der Waals surface area (Å²) in [5.41, 5.74) is 9.25. The van der Waals surface area contributed by atoms with Crippen LogP contribution in [-0.4, -0.2) is 52.6 Å². The fraction of sp³-hybridized carbons (Fsp3) is 0.357. The van der Waals surface area contributed by atoms with E-state index in [2.05, 4.69) is 10.1 Å². The summed E-state index contributed by atoms with van der Waals surface area (Å²) in [6.45, 7) is 1.06. The van der Waals surface area contributed by atoms with Crippen molar-refractivity contribution in [3.63, 3.8) is 0 Å². The Kier molecular flexibility index (Phi) is 5.11. The van der Waals surface area contributed by atoms with Gasteiger partial charge >= 0.3 is 6.18 Å². The van der Waals surface area contributed by atoms with E-state index in [1.165, 1.54) is 24.3 Å². The molecule has 1 aliphatic heterocycles. The molecule has 1 heterocycles. The van der Waals surface area contributed by atoms with Crippen molar-refractivity contribution < 1.29 is 23.0 Å². The van der Waals surface area contributed by atoms with Crippen LogP contribution in [0.2, 0.25) is 0 Å². The second-order valence-corrected chi connectivity index (χ2v) is 5.18. The van der Waals surface area contributed by atoms with Gasteiger partial charge in [0.05, 0.1) is 5.69 Å². The fourth-order valence-corrected chi connectivity index (χ4v) is 1.95. The smallest absolute Gasteiger partial charge is 0.437 e. The number of halogens is 3. The molecule has 2 rings (SSSR count). The average Bonchev–Trinajstić information content (AvgIpc) is 2.85. The molecule has 0 saturated heterocycles. The Labute approximate surface area is 141 Å². The lowest BCUT2D eigenvalue weighted by Crippen LogP contribution is -2.57. The lowest BCUT2D eigenvalue weighted by molar-refractivity contribution is -0.0570. The predicted octanol–water partition coefficient (Wildman–Crippen LogP) is 0.932. The summed E-state index contributed by atoms with van der Waals surface area (Å²) in [7, 11) is 0. The minimum atomic E-state index is -4.72. The molecule has 0 atom stereocenters. The van der Waals surface area contributed by atoms with Crippen molar-refractivity contribution in [2.75, 3.05) is 13.2 Å². The van der Waals surface area contributed by atoms with Crippen LogP contribution in [0, 0.1) is 5.41 Å². The Bertz CT molecular complexity index is 712. The molecule has 11 heteroatoms. The van der Waals surface area contributed by atoms with E-state index < -0.39 is 35.9 Å². The Morgan fingerprint density at radius 2 is 1.88 bits per heavy atom. The lowest BCUT2D eigenvalue weighted by Gasteiger charge is -2.23. The maximum Gasteiger partial charge on any atom is 0.437 e. The van der Waals surface area contributed by atoms with E-state index >= 15 is 0 Å². The van der Waals surface area contributed by atoms with E-state index in [9.17, 15) is 13.2 Å². The van der Waals surface area contributed by atoms with E-state index in [0.717, 1.165) is 5.01 Å².